The van der Waals surface area contributed by atoms with Gasteiger partial charge in [-0.15, -0.1) is 0 Å². The Morgan fingerprint density at radius 2 is 2.20 bits per heavy atom. The lowest BCUT2D eigenvalue weighted by Crippen LogP contribution is -2.25. The summed E-state index contributed by atoms with van der Waals surface area (Å²) in [5.41, 5.74) is 0. The van der Waals surface area contributed by atoms with Crippen LogP contribution in [0.1, 0.15) is 32.6 Å². The van der Waals surface area contributed by atoms with E-state index in [-0.39, 0.29) is 17.4 Å². The highest BCUT2D eigenvalue weighted by atomic mass is 35.5. The van der Waals surface area contributed by atoms with E-state index < -0.39 is 0 Å². The Labute approximate surface area is 122 Å². The van der Waals surface area contributed by atoms with Gasteiger partial charge in [0.1, 0.15) is 6.10 Å². The van der Waals surface area contributed by atoms with Gasteiger partial charge in [0.05, 0.1) is 0 Å². The second-order valence-electron chi connectivity index (χ2n) is 5.15. The summed E-state index contributed by atoms with van der Waals surface area (Å²) in [7, 11) is 0. The van der Waals surface area contributed by atoms with Crippen LogP contribution < -0.4 is 4.74 Å². The van der Waals surface area contributed by atoms with E-state index in [0.717, 1.165) is 12.8 Å². The number of nitrogens with zero attached hydrogens (tertiary/aromatic N) is 5. The van der Waals surface area contributed by atoms with E-state index in [1.165, 1.54) is 17.5 Å². The van der Waals surface area contributed by atoms with Crippen LogP contribution in [-0.4, -0.2) is 30.8 Å². The molecule has 0 aliphatic heterocycles. The van der Waals surface area contributed by atoms with Crippen LogP contribution in [0.5, 0.6) is 6.01 Å². The first-order valence-electron chi connectivity index (χ1n) is 6.79. The number of halogens is 1. The third-order valence-electron chi connectivity index (χ3n) is 3.45. The molecule has 20 heavy (non-hydrogen) atoms. The maximum atomic E-state index is 5.93. The zero-order chi connectivity index (χ0) is 13.9. The Morgan fingerprint density at radius 1 is 1.30 bits per heavy atom. The first-order chi connectivity index (χ1) is 9.70. The second kappa shape index (κ2) is 5.75. The van der Waals surface area contributed by atoms with E-state index in [1.807, 2.05) is 0 Å². The monoisotopic (exact) mass is 293 g/mol. The van der Waals surface area contributed by atoms with Gasteiger partial charge in [0.15, 0.2) is 0 Å². The maximum absolute atomic E-state index is 5.93. The minimum atomic E-state index is 0.115. The molecule has 0 amide bonds. The molecule has 106 valence electrons. The lowest BCUT2D eigenvalue weighted by molar-refractivity contribution is 0.118. The molecule has 1 fully saturated rings. The van der Waals surface area contributed by atoms with Crippen LogP contribution >= 0.6 is 11.6 Å². The zero-order valence-corrected chi connectivity index (χ0v) is 12.0. The first-order valence-corrected chi connectivity index (χ1v) is 7.17. The molecule has 1 aliphatic rings. The van der Waals surface area contributed by atoms with Crippen LogP contribution in [-0.2, 0) is 0 Å². The van der Waals surface area contributed by atoms with Crippen molar-refractivity contribution in [3.8, 4) is 12.0 Å². The minimum Gasteiger partial charge on any atom is -0.460 e. The quantitative estimate of drug-likeness (QED) is 0.870. The average molecular weight is 294 g/mol. The molecule has 6 nitrogen and oxygen atoms in total. The van der Waals surface area contributed by atoms with E-state index in [0.29, 0.717) is 11.9 Å². The zero-order valence-electron chi connectivity index (χ0n) is 11.2. The number of ether oxygens (including phenoxy) is 1. The van der Waals surface area contributed by atoms with Gasteiger partial charge >= 0.3 is 6.01 Å². The molecule has 0 spiro atoms. The van der Waals surface area contributed by atoms with Crippen molar-refractivity contribution in [3.05, 3.63) is 23.7 Å². The molecule has 0 aromatic carbocycles. The normalized spacial score (nSPS) is 22.7. The molecule has 0 saturated heterocycles. The van der Waals surface area contributed by atoms with Crippen LogP contribution in [0.15, 0.2) is 18.5 Å². The first kappa shape index (κ1) is 13.3. The van der Waals surface area contributed by atoms with Gasteiger partial charge in [-0.1, -0.05) is 13.3 Å². The van der Waals surface area contributed by atoms with E-state index in [1.54, 1.807) is 18.5 Å². The van der Waals surface area contributed by atoms with Gasteiger partial charge in [0.25, 0.3) is 5.95 Å². The molecular weight excluding hydrogens is 278 g/mol. The number of hydrogen-bond donors (Lipinski definition) is 0. The van der Waals surface area contributed by atoms with Gasteiger partial charge in [-0.3, -0.25) is 0 Å². The summed E-state index contributed by atoms with van der Waals surface area (Å²) < 4.78 is 7.39. The van der Waals surface area contributed by atoms with Crippen molar-refractivity contribution in [1.29, 1.82) is 0 Å². The Balaban J connectivity index is 1.79. The van der Waals surface area contributed by atoms with Crippen LogP contribution in [0.25, 0.3) is 5.95 Å². The average Bonchev–Trinajstić information content (AvgIpc) is 2.91. The molecule has 3 rings (SSSR count). The highest BCUT2D eigenvalue weighted by molar-refractivity contribution is 6.28. The molecule has 0 radical (unpaired) electrons. The standard InChI is InChI=1S/C13H16ClN5O/c1-9-4-2-5-10(8-9)20-13-17-11(14)16-12(18-13)19-7-3-6-15-19/h3,6-7,9-10H,2,4-5,8H2,1H3. The van der Waals surface area contributed by atoms with Crippen molar-refractivity contribution in [2.24, 2.45) is 5.92 Å². The highest BCUT2D eigenvalue weighted by Crippen LogP contribution is 2.26. The van der Waals surface area contributed by atoms with Crippen LogP contribution in [0.4, 0.5) is 0 Å². The topological polar surface area (TPSA) is 65.7 Å². The van der Waals surface area contributed by atoms with Crippen molar-refractivity contribution < 1.29 is 4.74 Å². The van der Waals surface area contributed by atoms with Gasteiger partial charge in [0.2, 0.25) is 5.28 Å². The Kier molecular flexibility index (Phi) is 3.82. The summed E-state index contributed by atoms with van der Waals surface area (Å²) in [6.07, 6.45) is 8.06. The predicted molar refractivity (Wildman–Crippen MR) is 74.0 cm³/mol. The smallest absolute Gasteiger partial charge is 0.322 e. The largest absolute Gasteiger partial charge is 0.460 e. The van der Waals surface area contributed by atoms with Crippen molar-refractivity contribution in [2.75, 3.05) is 0 Å². The van der Waals surface area contributed by atoms with Gasteiger partial charge in [-0.25, -0.2) is 4.68 Å². The van der Waals surface area contributed by atoms with Crippen LogP contribution in [0.2, 0.25) is 5.28 Å². The van der Waals surface area contributed by atoms with E-state index >= 15 is 0 Å². The summed E-state index contributed by atoms with van der Waals surface area (Å²) in [4.78, 5) is 12.4. The second-order valence-corrected chi connectivity index (χ2v) is 5.49. The Bertz CT molecular complexity index is 574. The van der Waals surface area contributed by atoms with Crippen molar-refractivity contribution >= 4 is 11.6 Å². The summed E-state index contributed by atoms with van der Waals surface area (Å²) in [6, 6.07) is 2.07. The van der Waals surface area contributed by atoms with E-state index in [4.69, 9.17) is 16.3 Å². The maximum Gasteiger partial charge on any atom is 0.322 e. The molecule has 7 heteroatoms. The fourth-order valence-electron chi connectivity index (χ4n) is 2.50. The van der Waals surface area contributed by atoms with Gasteiger partial charge in [0, 0.05) is 12.4 Å². The van der Waals surface area contributed by atoms with Crippen LogP contribution in [0, 0.1) is 5.92 Å². The number of aromatic nitrogens is 5. The predicted octanol–water partition coefficient (Wildman–Crippen LogP) is 2.67. The molecule has 1 aliphatic carbocycles. The molecule has 2 aromatic rings. The number of rotatable bonds is 3. The SMILES string of the molecule is CC1CCCC(Oc2nc(Cl)nc(-n3cccn3)n2)C1. The molecular formula is C13H16ClN5O. The Morgan fingerprint density at radius 3 is 2.95 bits per heavy atom. The summed E-state index contributed by atoms with van der Waals surface area (Å²) >= 11 is 5.93. The molecule has 2 atom stereocenters. The molecule has 0 N–H and O–H groups in total. The molecule has 2 unspecified atom stereocenters. The van der Waals surface area contributed by atoms with Gasteiger partial charge in [-0.2, -0.15) is 20.1 Å². The Hall–Kier alpha value is -1.69. The minimum absolute atomic E-state index is 0.115. The van der Waals surface area contributed by atoms with Gasteiger partial charge in [-0.05, 0) is 42.8 Å². The molecule has 2 aromatic heterocycles. The fourth-order valence-corrected chi connectivity index (χ4v) is 2.65. The van der Waals surface area contributed by atoms with E-state index in [2.05, 4.69) is 27.0 Å². The summed E-state index contributed by atoms with van der Waals surface area (Å²) in [5, 5.41) is 4.19. The summed E-state index contributed by atoms with van der Waals surface area (Å²) in [6.45, 7) is 2.24. The third kappa shape index (κ3) is 3.07. The van der Waals surface area contributed by atoms with Crippen molar-refractivity contribution in [2.45, 2.75) is 38.7 Å². The molecule has 1 saturated carbocycles. The lowest BCUT2D eigenvalue weighted by atomic mass is 9.89. The number of hydrogen-bond acceptors (Lipinski definition) is 5. The van der Waals surface area contributed by atoms with Crippen molar-refractivity contribution in [1.82, 2.24) is 24.7 Å². The van der Waals surface area contributed by atoms with Crippen LogP contribution in [0.3, 0.4) is 0 Å². The highest BCUT2D eigenvalue weighted by Gasteiger charge is 2.21. The van der Waals surface area contributed by atoms with Crippen molar-refractivity contribution in [3.63, 3.8) is 0 Å². The third-order valence-corrected chi connectivity index (χ3v) is 3.61. The molecule has 0 bridgehead atoms. The lowest BCUT2D eigenvalue weighted by Gasteiger charge is -2.26. The summed E-state index contributed by atoms with van der Waals surface area (Å²) in [5.74, 6) is 1.05. The van der Waals surface area contributed by atoms with Gasteiger partial charge < -0.3 is 4.74 Å². The van der Waals surface area contributed by atoms with E-state index in [9.17, 15) is 0 Å². The fraction of sp³-hybridized carbons (Fsp3) is 0.538. The molecule has 2 heterocycles.